The maximum atomic E-state index is 5.62. The van der Waals surface area contributed by atoms with Gasteiger partial charge in [0.25, 0.3) is 0 Å². The van der Waals surface area contributed by atoms with E-state index in [2.05, 4.69) is 249 Å². The van der Waals surface area contributed by atoms with Gasteiger partial charge in [-0.15, -0.1) is 0 Å². The molecule has 3 nitrogen and oxygen atoms in total. The van der Waals surface area contributed by atoms with Gasteiger partial charge in [-0.05, 0) is 71.2 Å². The molecular formula is C55H45N3Si2. The van der Waals surface area contributed by atoms with Crippen molar-refractivity contribution in [2.24, 2.45) is 0 Å². The molecule has 10 rings (SSSR count). The van der Waals surface area contributed by atoms with Gasteiger partial charge in [-0.2, -0.15) is 0 Å². The Hall–Kier alpha value is -6.93. The highest BCUT2D eigenvalue weighted by Crippen LogP contribution is 2.35. The Balaban J connectivity index is 1.40. The molecule has 60 heavy (non-hydrogen) atoms. The van der Waals surface area contributed by atoms with E-state index in [-0.39, 0.29) is 5.92 Å². The third-order valence-corrected chi connectivity index (χ3v) is 21.9. The fourth-order valence-electron chi connectivity index (χ4n) is 9.89. The number of para-hydroxylation sites is 1. The molecule has 3 aromatic heterocycles. The monoisotopic (exact) mass is 803 g/mol. The van der Waals surface area contributed by atoms with Gasteiger partial charge in [-0.1, -0.05) is 214 Å². The van der Waals surface area contributed by atoms with Crippen molar-refractivity contribution >= 4 is 79.7 Å². The van der Waals surface area contributed by atoms with Crippen molar-refractivity contribution in [2.45, 2.75) is 19.8 Å². The van der Waals surface area contributed by atoms with E-state index < -0.39 is 16.1 Å². The second-order valence-corrected chi connectivity index (χ2v) is 23.5. The molecule has 0 spiro atoms. The molecule has 0 bridgehead atoms. The van der Waals surface area contributed by atoms with E-state index in [1.807, 2.05) is 0 Å². The lowest BCUT2D eigenvalue weighted by Crippen LogP contribution is -2.75. The summed E-state index contributed by atoms with van der Waals surface area (Å²) in [6, 6.07) is 80.2. The number of hydrogen-bond acceptors (Lipinski definition) is 2. The summed E-state index contributed by atoms with van der Waals surface area (Å²) in [5, 5.41) is 12.8. The molecule has 0 atom stereocenters. The minimum Gasteiger partial charge on any atom is -0.278 e. The number of pyridine rings is 2. The molecular weight excluding hydrogens is 759 g/mol. The first-order valence-corrected chi connectivity index (χ1v) is 24.9. The Morgan fingerprint density at radius 3 is 1.12 bits per heavy atom. The number of fused-ring (bicyclic) bond motifs is 3. The van der Waals surface area contributed by atoms with Crippen molar-refractivity contribution in [3.63, 3.8) is 0 Å². The predicted molar refractivity (Wildman–Crippen MR) is 258 cm³/mol. The van der Waals surface area contributed by atoms with Crippen LogP contribution in [-0.4, -0.2) is 30.7 Å². The van der Waals surface area contributed by atoms with Gasteiger partial charge in [-0.3, -0.25) is 4.57 Å². The molecule has 5 heteroatoms. The average Bonchev–Trinajstić information content (AvgIpc) is 3.65. The van der Waals surface area contributed by atoms with Crippen LogP contribution < -0.4 is 41.5 Å². The Kier molecular flexibility index (Phi) is 9.76. The van der Waals surface area contributed by atoms with E-state index in [1.54, 1.807) is 0 Å². The van der Waals surface area contributed by atoms with Crippen molar-refractivity contribution in [2.75, 3.05) is 0 Å². The first kappa shape index (κ1) is 37.4. The molecule has 0 saturated carbocycles. The van der Waals surface area contributed by atoms with Gasteiger partial charge in [-0.25, -0.2) is 9.97 Å². The van der Waals surface area contributed by atoms with Crippen LogP contribution in [0, 0.1) is 0 Å². The SMILES string of the molecule is CC(C)c1c([Si](c2ccccc2)(c2ccccc2)c2ccccc2)cnc2c1c1cc([Si](c3ccccc3)(c3ccccc3)c3ccccc3)cnc1n2-c1ccccc1. The molecule has 0 radical (unpaired) electrons. The van der Waals surface area contributed by atoms with Crippen molar-refractivity contribution < 1.29 is 0 Å². The summed E-state index contributed by atoms with van der Waals surface area (Å²) in [5.74, 6) is 0.159. The predicted octanol–water partition coefficient (Wildman–Crippen LogP) is 7.45. The molecule has 0 unspecified atom stereocenters. The fraction of sp³-hybridized carbons (Fsp3) is 0.0545. The topological polar surface area (TPSA) is 30.7 Å². The summed E-state index contributed by atoms with van der Waals surface area (Å²) in [6.45, 7) is 4.72. The van der Waals surface area contributed by atoms with Gasteiger partial charge in [0.15, 0.2) is 16.1 Å². The van der Waals surface area contributed by atoms with Crippen molar-refractivity contribution in [3.8, 4) is 5.69 Å². The summed E-state index contributed by atoms with van der Waals surface area (Å²) in [7, 11) is -5.88. The van der Waals surface area contributed by atoms with Crippen LogP contribution in [-0.2, 0) is 0 Å². The molecule has 0 fully saturated rings. The van der Waals surface area contributed by atoms with E-state index in [0.717, 1.165) is 22.4 Å². The van der Waals surface area contributed by atoms with Gasteiger partial charge in [0, 0.05) is 28.9 Å². The first-order chi connectivity index (χ1) is 29.6. The number of nitrogens with zero attached hydrogens (tertiary/aromatic N) is 3. The first-order valence-electron chi connectivity index (χ1n) is 20.9. The van der Waals surface area contributed by atoms with Gasteiger partial charge in [0.2, 0.25) is 0 Å². The zero-order valence-corrected chi connectivity index (χ0v) is 35.9. The van der Waals surface area contributed by atoms with Gasteiger partial charge in [0.1, 0.15) is 11.3 Å². The maximum absolute atomic E-state index is 5.62. The summed E-state index contributed by atoms with van der Waals surface area (Å²) in [6.07, 6.45) is 4.40. The van der Waals surface area contributed by atoms with Crippen LogP contribution in [0.3, 0.4) is 0 Å². The minimum absolute atomic E-state index is 0.159. The molecule has 0 aliphatic carbocycles. The van der Waals surface area contributed by atoms with E-state index in [1.165, 1.54) is 52.4 Å². The number of benzene rings is 7. The maximum Gasteiger partial charge on any atom is 0.181 e. The highest BCUT2D eigenvalue weighted by atomic mass is 28.3. The Labute approximate surface area is 354 Å². The molecule has 3 heterocycles. The van der Waals surface area contributed by atoms with E-state index in [9.17, 15) is 0 Å². The standard InChI is InChI=1S/C55H45N3Si2/c1-41(2)52-51(60(46-32-18-7-19-33-46,47-34-20-8-21-35-47)48-36-22-9-23-37-48)40-57-55-53(52)50-38-49(39-56-54(50)58(55)42-24-10-3-11-25-42)59(43-26-12-4-13-27-43,44-28-14-5-15-29-44)45-30-16-6-17-31-45/h3-41H,1-2H3. The van der Waals surface area contributed by atoms with Crippen LogP contribution in [0.5, 0.6) is 0 Å². The van der Waals surface area contributed by atoms with Crippen LogP contribution in [0.1, 0.15) is 25.3 Å². The molecule has 10 aromatic rings. The molecule has 7 aromatic carbocycles. The normalized spacial score (nSPS) is 12.0. The second kappa shape index (κ2) is 15.7. The highest BCUT2D eigenvalue weighted by Gasteiger charge is 2.45. The third-order valence-electron chi connectivity index (χ3n) is 12.3. The van der Waals surface area contributed by atoms with Gasteiger partial charge in [0.05, 0.1) is 0 Å². The third kappa shape index (κ3) is 5.92. The van der Waals surface area contributed by atoms with Crippen molar-refractivity contribution in [1.82, 2.24) is 14.5 Å². The van der Waals surface area contributed by atoms with Crippen LogP contribution >= 0.6 is 0 Å². The van der Waals surface area contributed by atoms with E-state index in [4.69, 9.17) is 9.97 Å². The lowest BCUT2D eigenvalue weighted by atomic mass is 9.99. The van der Waals surface area contributed by atoms with Crippen molar-refractivity contribution in [3.05, 3.63) is 236 Å². The summed E-state index contributed by atoms with van der Waals surface area (Å²) in [4.78, 5) is 11.2. The van der Waals surface area contributed by atoms with E-state index in [0.29, 0.717) is 0 Å². The van der Waals surface area contributed by atoms with Crippen LogP contribution in [0.2, 0.25) is 0 Å². The largest absolute Gasteiger partial charge is 0.278 e. The molecule has 0 aliphatic rings. The second-order valence-electron chi connectivity index (χ2n) is 15.9. The minimum atomic E-state index is -2.97. The average molecular weight is 804 g/mol. The summed E-state index contributed by atoms with van der Waals surface area (Å²) < 4.78 is 2.29. The molecule has 0 saturated heterocycles. The zero-order chi connectivity index (χ0) is 40.5. The van der Waals surface area contributed by atoms with Crippen molar-refractivity contribution in [1.29, 1.82) is 0 Å². The van der Waals surface area contributed by atoms with E-state index >= 15 is 0 Å². The zero-order valence-electron chi connectivity index (χ0n) is 33.9. The number of aromatic nitrogens is 3. The summed E-state index contributed by atoms with van der Waals surface area (Å²) in [5.41, 5.74) is 4.21. The molecule has 0 N–H and O–H groups in total. The van der Waals surface area contributed by atoms with Gasteiger partial charge < -0.3 is 0 Å². The van der Waals surface area contributed by atoms with Gasteiger partial charge >= 0.3 is 0 Å². The van der Waals surface area contributed by atoms with Crippen LogP contribution in [0.4, 0.5) is 0 Å². The number of rotatable bonds is 10. The fourth-order valence-corrected chi connectivity index (χ4v) is 19.7. The molecule has 288 valence electrons. The quantitative estimate of drug-likeness (QED) is 0.106. The smallest absolute Gasteiger partial charge is 0.181 e. The Bertz CT molecular complexity index is 2840. The van der Waals surface area contributed by atoms with Crippen LogP contribution in [0.25, 0.3) is 27.8 Å². The lowest BCUT2D eigenvalue weighted by molar-refractivity contribution is 0.880. The lowest BCUT2D eigenvalue weighted by Gasteiger charge is -2.36. The molecule has 0 amide bonds. The Morgan fingerprint density at radius 2 is 0.733 bits per heavy atom. The van der Waals surface area contributed by atoms with Crippen LogP contribution in [0.15, 0.2) is 231 Å². The number of hydrogen-bond donors (Lipinski definition) is 0. The highest BCUT2D eigenvalue weighted by molar-refractivity contribution is 7.20. The summed E-state index contributed by atoms with van der Waals surface area (Å²) >= 11 is 0. The molecule has 0 aliphatic heterocycles. The Morgan fingerprint density at radius 1 is 0.383 bits per heavy atom.